The first-order valence-electron chi connectivity index (χ1n) is 5.46. The second kappa shape index (κ2) is 8.89. The van der Waals surface area contributed by atoms with E-state index in [1.807, 2.05) is 11.8 Å². The molecule has 0 aromatic heterocycles. The molecule has 0 fully saturated rings. The van der Waals surface area contributed by atoms with Gasteiger partial charge in [-0.05, 0) is 25.0 Å². The quantitative estimate of drug-likeness (QED) is 0.608. The Morgan fingerprint density at radius 1 is 1.23 bits per heavy atom. The summed E-state index contributed by atoms with van der Waals surface area (Å²) < 4.78 is 0. The van der Waals surface area contributed by atoms with E-state index in [0.717, 1.165) is 18.5 Å². The van der Waals surface area contributed by atoms with E-state index in [-0.39, 0.29) is 0 Å². The summed E-state index contributed by atoms with van der Waals surface area (Å²) in [6.45, 7) is 8.06. The molecule has 2 heteroatoms. The molecule has 0 saturated heterocycles. The van der Waals surface area contributed by atoms with Crippen LogP contribution in [0.3, 0.4) is 0 Å². The van der Waals surface area contributed by atoms with Crippen molar-refractivity contribution in [3.8, 4) is 0 Å². The van der Waals surface area contributed by atoms with Gasteiger partial charge in [-0.25, -0.2) is 0 Å². The van der Waals surface area contributed by atoms with Crippen molar-refractivity contribution in [1.29, 1.82) is 0 Å². The van der Waals surface area contributed by atoms with Crippen molar-refractivity contribution in [2.75, 3.05) is 18.6 Å². The lowest BCUT2D eigenvalue weighted by Crippen LogP contribution is -2.31. The lowest BCUT2D eigenvalue weighted by molar-refractivity contribution is 0.392. The molecule has 0 spiro atoms. The van der Waals surface area contributed by atoms with Crippen LogP contribution in [-0.2, 0) is 0 Å². The van der Waals surface area contributed by atoms with Gasteiger partial charge in [0.1, 0.15) is 0 Å². The van der Waals surface area contributed by atoms with Crippen LogP contribution in [0.2, 0.25) is 0 Å². The molecule has 0 saturated carbocycles. The van der Waals surface area contributed by atoms with Crippen molar-refractivity contribution < 1.29 is 0 Å². The highest BCUT2D eigenvalue weighted by Gasteiger charge is 2.08. The van der Waals surface area contributed by atoms with E-state index < -0.39 is 0 Å². The van der Waals surface area contributed by atoms with Crippen molar-refractivity contribution in [3.05, 3.63) is 0 Å². The monoisotopic (exact) mass is 203 g/mol. The topological polar surface area (TPSA) is 12.0 Å². The molecule has 13 heavy (non-hydrogen) atoms. The van der Waals surface area contributed by atoms with Gasteiger partial charge in [-0.2, -0.15) is 11.8 Å². The van der Waals surface area contributed by atoms with Gasteiger partial charge in [0.05, 0.1) is 0 Å². The number of hydrogen-bond acceptors (Lipinski definition) is 2. The molecule has 1 N–H and O–H groups in total. The zero-order valence-corrected chi connectivity index (χ0v) is 10.4. The molecule has 1 nitrogen and oxygen atoms in total. The van der Waals surface area contributed by atoms with Gasteiger partial charge in [-0.3, -0.25) is 0 Å². The van der Waals surface area contributed by atoms with Crippen molar-refractivity contribution in [2.24, 2.45) is 5.92 Å². The van der Waals surface area contributed by atoms with Gasteiger partial charge >= 0.3 is 0 Å². The third kappa shape index (κ3) is 7.39. The predicted molar refractivity (Wildman–Crippen MR) is 64.5 cm³/mol. The number of nitrogens with one attached hydrogen (secondary N) is 1. The molecule has 0 aliphatic heterocycles. The molecule has 0 bridgehead atoms. The van der Waals surface area contributed by atoms with Crippen molar-refractivity contribution >= 4 is 11.8 Å². The molecule has 0 radical (unpaired) electrons. The van der Waals surface area contributed by atoms with E-state index in [2.05, 4.69) is 32.3 Å². The smallest absolute Gasteiger partial charge is 0.00673 e. The summed E-state index contributed by atoms with van der Waals surface area (Å²) in [6.07, 6.45) is 6.07. The fourth-order valence-electron chi connectivity index (χ4n) is 1.41. The number of thioether (sulfide) groups is 1. The van der Waals surface area contributed by atoms with Crippen LogP contribution in [0.25, 0.3) is 0 Å². The van der Waals surface area contributed by atoms with Crippen LogP contribution in [0.15, 0.2) is 0 Å². The lowest BCUT2D eigenvalue weighted by atomic mass is 9.98. The standard InChI is InChI=1S/C11H25NS/c1-5-10(3)9-11(6-2)12-7-8-13-4/h10-12H,5-9H2,1-4H3. The summed E-state index contributed by atoms with van der Waals surface area (Å²) in [7, 11) is 0. The third-order valence-corrected chi connectivity index (χ3v) is 3.23. The first-order valence-corrected chi connectivity index (χ1v) is 6.86. The fourth-order valence-corrected chi connectivity index (χ4v) is 1.73. The van der Waals surface area contributed by atoms with Crippen molar-refractivity contribution in [3.63, 3.8) is 0 Å². The Morgan fingerprint density at radius 3 is 2.38 bits per heavy atom. The average molecular weight is 203 g/mol. The van der Waals surface area contributed by atoms with Crippen LogP contribution in [0.4, 0.5) is 0 Å². The normalized spacial score (nSPS) is 15.7. The second-order valence-corrected chi connectivity index (χ2v) is 4.79. The Morgan fingerprint density at radius 2 is 1.92 bits per heavy atom. The van der Waals surface area contributed by atoms with E-state index in [1.165, 1.54) is 25.0 Å². The van der Waals surface area contributed by atoms with Gasteiger partial charge in [0.2, 0.25) is 0 Å². The van der Waals surface area contributed by atoms with Crippen LogP contribution >= 0.6 is 11.8 Å². The molecular weight excluding hydrogens is 178 g/mol. The van der Waals surface area contributed by atoms with E-state index >= 15 is 0 Å². The molecule has 0 rings (SSSR count). The molecular formula is C11H25NS. The van der Waals surface area contributed by atoms with Gasteiger partial charge in [0.25, 0.3) is 0 Å². The number of hydrogen-bond donors (Lipinski definition) is 1. The Balaban J connectivity index is 3.50. The molecule has 80 valence electrons. The highest BCUT2D eigenvalue weighted by atomic mass is 32.2. The predicted octanol–water partition coefficient (Wildman–Crippen LogP) is 3.15. The van der Waals surface area contributed by atoms with Gasteiger partial charge in [-0.1, -0.05) is 27.2 Å². The summed E-state index contributed by atoms with van der Waals surface area (Å²) in [5, 5.41) is 3.61. The maximum absolute atomic E-state index is 3.61. The fraction of sp³-hybridized carbons (Fsp3) is 1.00. The first-order chi connectivity index (χ1) is 6.24. The van der Waals surface area contributed by atoms with Crippen LogP contribution in [0, 0.1) is 5.92 Å². The minimum Gasteiger partial charge on any atom is -0.313 e. The molecule has 0 aliphatic carbocycles. The molecule has 0 aromatic carbocycles. The minimum atomic E-state index is 0.738. The van der Waals surface area contributed by atoms with E-state index in [1.54, 1.807) is 0 Å². The van der Waals surface area contributed by atoms with Crippen LogP contribution in [0.5, 0.6) is 0 Å². The van der Waals surface area contributed by atoms with Crippen molar-refractivity contribution in [2.45, 2.75) is 46.1 Å². The van der Waals surface area contributed by atoms with Crippen LogP contribution < -0.4 is 5.32 Å². The highest BCUT2D eigenvalue weighted by molar-refractivity contribution is 7.98. The first kappa shape index (κ1) is 13.3. The van der Waals surface area contributed by atoms with Gasteiger partial charge in [-0.15, -0.1) is 0 Å². The molecule has 0 aliphatic rings. The second-order valence-electron chi connectivity index (χ2n) is 3.80. The Kier molecular flexibility index (Phi) is 9.10. The maximum atomic E-state index is 3.61. The molecule has 0 amide bonds. The van der Waals surface area contributed by atoms with E-state index in [0.29, 0.717) is 0 Å². The largest absolute Gasteiger partial charge is 0.313 e. The summed E-state index contributed by atoms with van der Waals surface area (Å²) in [5.41, 5.74) is 0. The van der Waals surface area contributed by atoms with Gasteiger partial charge < -0.3 is 5.32 Å². The molecule has 2 atom stereocenters. The zero-order valence-electron chi connectivity index (χ0n) is 9.60. The summed E-state index contributed by atoms with van der Waals surface area (Å²) in [5.74, 6) is 2.10. The molecule has 2 unspecified atom stereocenters. The van der Waals surface area contributed by atoms with Crippen molar-refractivity contribution in [1.82, 2.24) is 5.32 Å². The van der Waals surface area contributed by atoms with Crippen LogP contribution in [0.1, 0.15) is 40.0 Å². The van der Waals surface area contributed by atoms with E-state index in [4.69, 9.17) is 0 Å². The summed E-state index contributed by atoms with van der Waals surface area (Å²) >= 11 is 1.92. The van der Waals surface area contributed by atoms with Crippen LogP contribution in [-0.4, -0.2) is 24.6 Å². The maximum Gasteiger partial charge on any atom is 0.00673 e. The minimum absolute atomic E-state index is 0.738. The average Bonchev–Trinajstić information content (AvgIpc) is 2.16. The zero-order chi connectivity index (χ0) is 10.1. The summed E-state index contributed by atoms with van der Waals surface area (Å²) in [4.78, 5) is 0. The lowest BCUT2D eigenvalue weighted by Gasteiger charge is -2.20. The Labute approximate surface area is 88.1 Å². The van der Waals surface area contributed by atoms with Gasteiger partial charge in [0, 0.05) is 18.3 Å². The summed E-state index contributed by atoms with van der Waals surface area (Å²) in [6, 6.07) is 0.738. The van der Waals surface area contributed by atoms with E-state index in [9.17, 15) is 0 Å². The Bertz CT molecular complexity index is 106. The Hall–Kier alpha value is 0.310. The highest BCUT2D eigenvalue weighted by Crippen LogP contribution is 2.11. The van der Waals surface area contributed by atoms with Gasteiger partial charge in [0.15, 0.2) is 0 Å². The SMILES string of the molecule is CCC(C)CC(CC)NCCSC. The molecule has 0 heterocycles. The molecule has 0 aromatic rings. The third-order valence-electron chi connectivity index (χ3n) is 2.62. The number of rotatable bonds is 8.